The highest BCUT2D eigenvalue weighted by molar-refractivity contribution is 5.84. The van der Waals surface area contributed by atoms with Crippen molar-refractivity contribution in [1.29, 1.82) is 0 Å². The van der Waals surface area contributed by atoms with Gasteiger partial charge in [-0.3, -0.25) is 4.79 Å². The van der Waals surface area contributed by atoms with Crippen molar-refractivity contribution in [3.8, 4) is 11.1 Å². The largest absolute Gasteiger partial charge is 0.374 e. The van der Waals surface area contributed by atoms with E-state index in [0.29, 0.717) is 0 Å². The number of anilines is 1. The van der Waals surface area contributed by atoms with Crippen molar-refractivity contribution in [2.75, 3.05) is 18.4 Å². The Kier molecular flexibility index (Phi) is 4.42. The summed E-state index contributed by atoms with van der Waals surface area (Å²) in [6, 6.07) is 18.4. The topological polar surface area (TPSA) is 32.3 Å². The van der Waals surface area contributed by atoms with Crippen molar-refractivity contribution in [1.82, 2.24) is 4.90 Å². The minimum Gasteiger partial charge on any atom is -0.374 e. The van der Waals surface area contributed by atoms with Crippen LogP contribution in [0.5, 0.6) is 0 Å². The van der Waals surface area contributed by atoms with E-state index in [1.54, 1.807) is 0 Å². The van der Waals surface area contributed by atoms with Gasteiger partial charge in [-0.25, -0.2) is 0 Å². The number of carbonyl (C=O) groups is 1. The summed E-state index contributed by atoms with van der Waals surface area (Å²) in [4.78, 5) is 14.3. The van der Waals surface area contributed by atoms with Crippen LogP contribution in [0.1, 0.15) is 19.8 Å². The molecule has 3 rings (SSSR count). The van der Waals surface area contributed by atoms with Gasteiger partial charge in [0.25, 0.3) is 0 Å². The number of likely N-dealkylation sites (tertiary alicyclic amines) is 1. The molecule has 2 aromatic rings. The number of nitrogens with one attached hydrogen (secondary N) is 1. The van der Waals surface area contributed by atoms with Crippen molar-refractivity contribution in [2.45, 2.75) is 25.8 Å². The number of hydrogen-bond acceptors (Lipinski definition) is 2. The van der Waals surface area contributed by atoms with E-state index in [1.807, 2.05) is 42.2 Å². The number of rotatable bonds is 4. The lowest BCUT2D eigenvalue weighted by molar-refractivity contribution is -0.130. The summed E-state index contributed by atoms with van der Waals surface area (Å²) in [5, 5.41) is 3.31. The Hall–Kier alpha value is -2.29. The van der Waals surface area contributed by atoms with E-state index in [1.165, 1.54) is 11.1 Å². The van der Waals surface area contributed by atoms with Crippen LogP contribution in [0.4, 0.5) is 5.69 Å². The summed E-state index contributed by atoms with van der Waals surface area (Å²) >= 11 is 0. The molecule has 22 heavy (non-hydrogen) atoms. The molecular weight excluding hydrogens is 272 g/mol. The molecule has 1 unspecified atom stereocenters. The molecule has 1 amide bonds. The molecule has 0 bridgehead atoms. The fraction of sp³-hybridized carbons (Fsp3) is 0.316. The molecule has 1 N–H and O–H groups in total. The third-order valence-electron chi connectivity index (χ3n) is 4.16. The monoisotopic (exact) mass is 294 g/mol. The van der Waals surface area contributed by atoms with Gasteiger partial charge in [-0.2, -0.15) is 0 Å². The molecule has 3 heteroatoms. The summed E-state index contributed by atoms with van der Waals surface area (Å²) < 4.78 is 0. The zero-order chi connectivity index (χ0) is 15.4. The van der Waals surface area contributed by atoms with E-state index in [0.717, 1.165) is 31.6 Å². The number of nitrogens with zero attached hydrogens (tertiary/aromatic N) is 1. The average molecular weight is 294 g/mol. The third-order valence-corrected chi connectivity index (χ3v) is 4.16. The lowest BCUT2D eigenvalue weighted by atomic mass is 10.1. The molecule has 3 nitrogen and oxygen atoms in total. The van der Waals surface area contributed by atoms with Crippen LogP contribution in [0.25, 0.3) is 11.1 Å². The summed E-state index contributed by atoms with van der Waals surface area (Å²) in [6.45, 7) is 3.74. The van der Waals surface area contributed by atoms with Crippen LogP contribution in [-0.4, -0.2) is 29.9 Å². The van der Waals surface area contributed by atoms with E-state index >= 15 is 0 Å². The van der Waals surface area contributed by atoms with Crippen LogP contribution in [0, 0.1) is 0 Å². The average Bonchev–Trinajstić information content (AvgIpc) is 3.10. The minimum atomic E-state index is -0.180. The predicted octanol–water partition coefficient (Wildman–Crippen LogP) is 3.78. The Balaban J connectivity index is 1.64. The van der Waals surface area contributed by atoms with Gasteiger partial charge in [-0.15, -0.1) is 0 Å². The molecule has 1 aliphatic heterocycles. The number of hydrogen-bond donors (Lipinski definition) is 1. The van der Waals surface area contributed by atoms with Gasteiger partial charge in [0, 0.05) is 18.8 Å². The maximum atomic E-state index is 12.3. The van der Waals surface area contributed by atoms with Crippen LogP contribution in [-0.2, 0) is 4.79 Å². The highest BCUT2D eigenvalue weighted by Crippen LogP contribution is 2.21. The molecule has 0 spiro atoms. The smallest absolute Gasteiger partial charge is 0.244 e. The molecule has 114 valence electrons. The zero-order valence-electron chi connectivity index (χ0n) is 13.0. The Morgan fingerprint density at radius 3 is 2.18 bits per heavy atom. The van der Waals surface area contributed by atoms with Gasteiger partial charge < -0.3 is 10.2 Å². The first kappa shape index (κ1) is 14.6. The minimum absolute atomic E-state index is 0.180. The quantitative estimate of drug-likeness (QED) is 0.931. The molecule has 0 radical (unpaired) electrons. The first-order valence-electron chi connectivity index (χ1n) is 7.95. The van der Waals surface area contributed by atoms with Crippen molar-refractivity contribution >= 4 is 11.6 Å². The Morgan fingerprint density at radius 1 is 0.955 bits per heavy atom. The summed E-state index contributed by atoms with van der Waals surface area (Å²) in [7, 11) is 0. The maximum absolute atomic E-state index is 12.3. The van der Waals surface area contributed by atoms with E-state index in [4.69, 9.17) is 0 Å². The fourth-order valence-corrected chi connectivity index (χ4v) is 2.91. The number of carbonyl (C=O) groups excluding carboxylic acids is 1. The van der Waals surface area contributed by atoms with Gasteiger partial charge >= 0.3 is 0 Å². The molecule has 1 aliphatic rings. The second-order valence-electron chi connectivity index (χ2n) is 5.84. The molecule has 1 atom stereocenters. The normalized spacial score (nSPS) is 15.6. The lowest BCUT2D eigenvalue weighted by Gasteiger charge is -2.22. The molecule has 2 aromatic carbocycles. The van der Waals surface area contributed by atoms with Gasteiger partial charge in [-0.1, -0.05) is 42.5 Å². The molecule has 1 saturated heterocycles. The van der Waals surface area contributed by atoms with Crippen molar-refractivity contribution < 1.29 is 4.79 Å². The van der Waals surface area contributed by atoms with E-state index < -0.39 is 0 Å². The molecular formula is C19H22N2O. The maximum Gasteiger partial charge on any atom is 0.244 e. The van der Waals surface area contributed by atoms with Crippen molar-refractivity contribution in [3.05, 3.63) is 54.6 Å². The zero-order valence-corrected chi connectivity index (χ0v) is 13.0. The van der Waals surface area contributed by atoms with E-state index in [2.05, 4.69) is 29.6 Å². The van der Waals surface area contributed by atoms with Crippen LogP contribution < -0.4 is 5.32 Å². The molecule has 1 fully saturated rings. The SMILES string of the molecule is CC(Nc1ccc(-c2ccccc2)cc1)C(=O)N1CCCC1. The number of benzene rings is 2. The Bertz CT molecular complexity index is 616. The Labute approximate surface area is 132 Å². The lowest BCUT2D eigenvalue weighted by Crippen LogP contribution is -2.39. The van der Waals surface area contributed by atoms with Crippen LogP contribution >= 0.6 is 0 Å². The van der Waals surface area contributed by atoms with Gasteiger partial charge in [0.15, 0.2) is 0 Å². The highest BCUT2D eigenvalue weighted by Gasteiger charge is 2.22. The molecule has 1 heterocycles. The molecule has 0 saturated carbocycles. The standard InChI is InChI=1S/C19H22N2O/c1-15(19(22)21-13-5-6-14-21)20-18-11-9-17(10-12-18)16-7-3-2-4-8-16/h2-4,7-12,15,20H,5-6,13-14H2,1H3. The number of amides is 1. The van der Waals surface area contributed by atoms with Crippen LogP contribution in [0.15, 0.2) is 54.6 Å². The fourth-order valence-electron chi connectivity index (χ4n) is 2.91. The van der Waals surface area contributed by atoms with E-state index in [9.17, 15) is 4.79 Å². The third kappa shape index (κ3) is 3.30. The van der Waals surface area contributed by atoms with Gasteiger partial charge in [0.2, 0.25) is 5.91 Å². The summed E-state index contributed by atoms with van der Waals surface area (Å²) in [6.07, 6.45) is 2.26. The summed E-state index contributed by atoms with van der Waals surface area (Å²) in [5.41, 5.74) is 3.37. The highest BCUT2D eigenvalue weighted by atomic mass is 16.2. The summed E-state index contributed by atoms with van der Waals surface area (Å²) in [5.74, 6) is 0.199. The van der Waals surface area contributed by atoms with Gasteiger partial charge in [-0.05, 0) is 43.0 Å². The van der Waals surface area contributed by atoms with Crippen molar-refractivity contribution in [3.63, 3.8) is 0 Å². The Morgan fingerprint density at radius 2 is 1.55 bits per heavy atom. The van der Waals surface area contributed by atoms with Gasteiger partial charge in [0.1, 0.15) is 6.04 Å². The molecule has 0 aromatic heterocycles. The second kappa shape index (κ2) is 6.65. The first-order valence-corrected chi connectivity index (χ1v) is 7.95. The predicted molar refractivity (Wildman–Crippen MR) is 90.8 cm³/mol. The van der Waals surface area contributed by atoms with Crippen LogP contribution in [0.3, 0.4) is 0 Å². The second-order valence-corrected chi connectivity index (χ2v) is 5.84. The van der Waals surface area contributed by atoms with Crippen LogP contribution in [0.2, 0.25) is 0 Å². The molecule has 0 aliphatic carbocycles. The van der Waals surface area contributed by atoms with E-state index in [-0.39, 0.29) is 11.9 Å². The van der Waals surface area contributed by atoms with Gasteiger partial charge in [0.05, 0.1) is 0 Å². The van der Waals surface area contributed by atoms with Crippen molar-refractivity contribution in [2.24, 2.45) is 0 Å². The first-order chi connectivity index (χ1) is 10.7.